The Morgan fingerprint density at radius 1 is 1.43 bits per heavy atom. The molecular formula is C16H20ClN3O. The van der Waals surface area contributed by atoms with E-state index in [1.54, 1.807) is 18.2 Å². The Bertz CT molecular complexity index is 557. The number of nitrogens with one attached hydrogen (secondary N) is 1. The lowest BCUT2D eigenvalue weighted by Gasteiger charge is -2.34. The van der Waals surface area contributed by atoms with Crippen LogP contribution >= 0.6 is 11.6 Å². The van der Waals surface area contributed by atoms with Gasteiger partial charge in [0.2, 0.25) is 5.91 Å². The topological polar surface area (TPSA) is 56.1 Å². The number of likely N-dealkylation sites (tertiary alicyclic amines) is 1. The third-order valence-corrected chi connectivity index (χ3v) is 3.92. The van der Waals surface area contributed by atoms with Gasteiger partial charge in [-0.05, 0) is 36.5 Å². The van der Waals surface area contributed by atoms with Crippen LogP contribution in [0.2, 0.25) is 5.02 Å². The molecule has 5 heteroatoms. The number of rotatable bonds is 3. The standard InChI is InChI=1S/C16H20ClN3O/c1-11-5-12(2)9-20(8-11)10-16(21)19-15-6-14(17)4-3-13(15)7-18/h3-4,6,11-12H,5,8-10H2,1-2H3,(H,19,21)/t11-,12-/m0/s1. The molecule has 1 N–H and O–H groups in total. The van der Waals surface area contributed by atoms with E-state index in [0.29, 0.717) is 34.7 Å². The van der Waals surface area contributed by atoms with Crippen molar-refractivity contribution in [3.63, 3.8) is 0 Å². The second-order valence-electron chi connectivity index (χ2n) is 5.99. The number of anilines is 1. The Kier molecular flexibility index (Phi) is 5.22. The van der Waals surface area contributed by atoms with E-state index in [-0.39, 0.29) is 5.91 Å². The first-order valence-corrected chi connectivity index (χ1v) is 7.57. The first-order chi connectivity index (χ1) is 9.97. The van der Waals surface area contributed by atoms with Crippen LogP contribution in [0.4, 0.5) is 5.69 Å². The zero-order chi connectivity index (χ0) is 15.4. The molecule has 1 saturated heterocycles. The maximum absolute atomic E-state index is 12.2. The van der Waals surface area contributed by atoms with Gasteiger partial charge < -0.3 is 5.32 Å². The number of hydrogen-bond donors (Lipinski definition) is 1. The number of piperidine rings is 1. The van der Waals surface area contributed by atoms with Gasteiger partial charge in [0.15, 0.2) is 0 Å². The van der Waals surface area contributed by atoms with Gasteiger partial charge in [-0.2, -0.15) is 5.26 Å². The number of nitriles is 1. The molecule has 0 unspecified atom stereocenters. The minimum Gasteiger partial charge on any atom is -0.324 e. The minimum absolute atomic E-state index is 0.102. The van der Waals surface area contributed by atoms with E-state index in [1.165, 1.54) is 6.42 Å². The van der Waals surface area contributed by atoms with Crippen molar-refractivity contribution in [2.75, 3.05) is 25.0 Å². The molecule has 0 spiro atoms. The molecule has 0 aromatic heterocycles. The third-order valence-electron chi connectivity index (χ3n) is 3.69. The first kappa shape index (κ1) is 15.8. The summed E-state index contributed by atoms with van der Waals surface area (Å²) in [6, 6.07) is 6.93. The number of hydrogen-bond acceptors (Lipinski definition) is 3. The molecule has 1 aromatic carbocycles. The van der Waals surface area contributed by atoms with E-state index in [1.807, 2.05) is 0 Å². The van der Waals surface area contributed by atoms with Gasteiger partial charge in [-0.15, -0.1) is 0 Å². The fourth-order valence-electron chi connectivity index (χ4n) is 3.03. The van der Waals surface area contributed by atoms with E-state index < -0.39 is 0 Å². The maximum atomic E-state index is 12.2. The summed E-state index contributed by atoms with van der Waals surface area (Å²) in [6.45, 7) is 6.67. The fourth-order valence-corrected chi connectivity index (χ4v) is 3.20. The lowest BCUT2D eigenvalue weighted by atomic mass is 9.92. The second-order valence-corrected chi connectivity index (χ2v) is 6.43. The molecule has 0 aliphatic carbocycles. The summed E-state index contributed by atoms with van der Waals surface area (Å²) in [5.74, 6) is 1.12. The molecule has 2 rings (SSSR count). The van der Waals surface area contributed by atoms with Crippen molar-refractivity contribution in [2.24, 2.45) is 11.8 Å². The summed E-state index contributed by atoms with van der Waals surface area (Å²) in [4.78, 5) is 14.3. The van der Waals surface area contributed by atoms with Crippen LogP contribution in [0.15, 0.2) is 18.2 Å². The largest absolute Gasteiger partial charge is 0.324 e. The van der Waals surface area contributed by atoms with Crippen LogP contribution in [0, 0.1) is 23.2 Å². The van der Waals surface area contributed by atoms with Crippen LogP contribution in [0.1, 0.15) is 25.8 Å². The van der Waals surface area contributed by atoms with Crippen LogP contribution in [-0.2, 0) is 4.79 Å². The Hall–Kier alpha value is -1.57. The van der Waals surface area contributed by atoms with Crippen molar-refractivity contribution in [3.8, 4) is 6.07 Å². The van der Waals surface area contributed by atoms with Gasteiger partial charge in [0.1, 0.15) is 6.07 Å². The number of benzene rings is 1. The van der Waals surface area contributed by atoms with Gasteiger partial charge in [-0.1, -0.05) is 25.4 Å². The highest BCUT2D eigenvalue weighted by molar-refractivity contribution is 6.31. The normalized spacial score (nSPS) is 22.6. The molecule has 2 atom stereocenters. The van der Waals surface area contributed by atoms with Gasteiger partial charge >= 0.3 is 0 Å². The van der Waals surface area contributed by atoms with Gasteiger partial charge in [-0.25, -0.2) is 0 Å². The molecule has 1 fully saturated rings. The SMILES string of the molecule is C[C@H]1C[C@H](C)CN(CC(=O)Nc2cc(Cl)ccc2C#N)C1. The number of amides is 1. The molecule has 21 heavy (non-hydrogen) atoms. The smallest absolute Gasteiger partial charge is 0.238 e. The van der Waals surface area contributed by atoms with Crippen molar-refractivity contribution in [3.05, 3.63) is 28.8 Å². The van der Waals surface area contributed by atoms with Crippen molar-refractivity contribution < 1.29 is 4.79 Å². The van der Waals surface area contributed by atoms with Gasteiger partial charge in [-0.3, -0.25) is 9.69 Å². The average Bonchev–Trinajstić information content (AvgIpc) is 2.37. The van der Waals surface area contributed by atoms with Gasteiger partial charge in [0.25, 0.3) is 0 Å². The molecule has 0 radical (unpaired) electrons. The summed E-state index contributed by atoms with van der Waals surface area (Å²) in [7, 11) is 0. The molecule has 0 saturated carbocycles. The Balaban J connectivity index is 1.99. The average molecular weight is 306 g/mol. The highest BCUT2D eigenvalue weighted by atomic mass is 35.5. The number of nitrogens with zero attached hydrogens (tertiary/aromatic N) is 2. The molecule has 1 aromatic rings. The predicted molar refractivity (Wildman–Crippen MR) is 84.2 cm³/mol. The molecule has 1 heterocycles. The molecule has 1 amide bonds. The molecular weight excluding hydrogens is 286 g/mol. The number of carbonyl (C=O) groups is 1. The summed E-state index contributed by atoms with van der Waals surface area (Å²) >= 11 is 5.92. The third kappa shape index (κ3) is 4.45. The highest BCUT2D eigenvalue weighted by Gasteiger charge is 2.23. The van der Waals surface area contributed by atoms with E-state index >= 15 is 0 Å². The summed E-state index contributed by atoms with van der Waals surface area (Å²) in [5, 5.41) is 12.4. The van der Waals surface area contributed by atoms with Gasteiger partial charge in [0.05, 0.1) is 17.8 Å². The predicted octanol–water partition coefficient (Wildman–Crippen LogP) is 3.13. The summed E-state index contributed by atoms with van der Waals surface area (Å²) < 4.78 is 0. The van der Waals surface area contributed by atoms with Crippen molar-refractivity contribution in [1.29, 1.82) is 5.26 Å². The van der Waals surface area contributed by atoms with Crippen molar-refractivity contribution in [2.45, 2.75) is 20.3 Å². The van der Waals surface area contributed by atoms with E-state index in [2.05, 4.69) is 30.1 Å². The lowest BCUT2D eigenvalue weighted by molar-refractivity contribution is -0.117. The van der Waals surface area contributed by atoms with Crippen LogP contribution in [-0.4, -0.2) is 30.4 Å². The van der Waals surface area contributed by atoms with Gasteiger partial charge in [0, 0.05) is 18.1 Å². The van der Waals surface area contributed by atoms with Crippen LogP contribution in [0.3, 0.4) is 0 Å². The lowest BCUT2D eigenvalue weighted by Crippen LogP contribution is -2.42. The first-order valence-electron chi connectivity index (χ1n) is 7.19. The van der Waals surface area contributed by atoms with E-state index in [9.17, 15) is 4.79 Å². The molecule has 4 nitrogen and oxygen atoms in total. The zero-order valence-electron chi connectivity index (χ0n) is 12.4. The molecule has 1 aliphatic rings. The van der Waals surface area contributed by atoms with Crippen LogP contribution in [0.5, 0.6) is 0 Å². The molecule has 0 bridgehead atoms. The second kappa shape index (κ2) is 6.93. The van der Waals surface area contributed by atoms with E-state index in [0.717, 1.165) is 13.1 Å². The fraction of sp³-hybridized carbons (Fsp3) is 0.500. The highest BCUT2D eigenvalue weighted by Crippen LogP contribution is 2.22. The van der Waals surface area contributed by atoms with Crippen molar-refractivity contribution in [1.82, 2.24) is 4.90 Å². The van der Waals surface area contributed by atoms with Crippen LogP contribution in [0.25, 0.3) is 0 Å². The minimum atomic E-state index is -0.102. The quantitative estimate of drug-likeness (QED) is 0.933. The summed E-state index contributed by atoms with van der Waals surface area (Å²) in [5.41, 5.74) is 0.904. The van der Waals surface area contributed by atoms with Crippen LogP contribution < -0.4 is 5.32 Å². The number of halogens is 1. The Morgan fingerprint density at radius 3 is 2.71 bits per heavy atom. The number of carbonyl (C=O) groups excluding carboxylic acids is 1. The summed E-state index contributed by atoms with van der Waals surface area (Å²) in [6.07, 6.45) is 1.21. The Labute approximate surface area is 130 Å². The van der Waals surface area contributed by atoms with E-state index in [4.69, 9.17) is 16.9 Å². The maximum Gasteiger partial charge on any atom is 0.238 e. The Morgan fingerprint density at radius 2 is 2.10 bits per heavy atom. The molecule has 1 aliphatic heterocycles. The molecule has 112 valence electrons. The monoisotopic (exact) mass is 305 g/mol. The van der Waals surface area contributed by atoms with Crippen molar-refractivity contribution >= 4 is 23.2 Å². The zero-order valence-corrected chi connectivity index (χ0v) is 13.2.